The SMILES string of the molecule is CC(N)C(O)c1cc(Cl)cc(F)c1Cl. The molecule has 78 valence electrons. The number of rotatable bonds is 2. The summed E-state index contributed by atoms with van der Waals surface area (Å²) in [5, 5.41) is 9.64. The van der Waals surface area contributed by atoms with Gasteiger partial charge in [0.25, 0.3) is 0 Å². The van der Waals surface area contributed by atoms with Crippen LogP contribution >= 0.6 is 23.2 Å². The maximum Gasteiger partial charge on any atom is 0.143 e. The molecule has 14 heavy (non-hydrogen) atoms. The van der Waals surface area contributed by atoms with Gasteiger partial charge in [-0.1, -0.05) is 23.2 Å². The minimum Gasteiger partial charge on any atom is -0.387 e. The predicted molar refractivity (Wildman–Crippen MR) is 55.0 cm³/mol. The van der Waals surface area contributed by atoms with Crippen molar-refractivity contribution in [3.63, 3.8) is 0 Å². The molecule has 0 fully saturated rings. The highest BCUT2D eigenvalue weighted by atomic mass is 35.5. The highest BCUT2D eigenvalue weighted by Crippen LogP contribution is 2.30. The van der Waals surface area contributed by atoms with Crippen LogP contribution in [0, 0.1) is 5.82 Å². The predicted octanol–water partition coefficient (Wildman–Crippen LogP) is 2.51. The molecule has 3 N–H and O–H groups in total. The van der Waals surface area contributed by atoms with Crippen molar-refractivity contribution < 1.29 is 9.50 Å². The molecule has 0 radical (unpaired) electrons. The van der Waals surface area contributed by atoms with Crippen LogP contribution in [0.4, 0.5) is 4.39 Å². The molecule has 1 aromatic rings. The van der Waals surface area contributed by atoms with Gasteiger partial charge in [-0.25, -0.2) is 4.39 Å². The Kier molecular flexibility index (Phi) is 3.72. The maximum absolute atomic E-state index is 13.1. The molecule has 0 saturated carbocycles. The average Bonchev–Trinajstić information content (AvgIpc) is 2.09. The fourth-order valence-corrected chi connectivity index (χ4v) is 1.51. The number of benzene rings is 1. The van der Waals surface area contributed by atoms with Crippen LogP contribution in [0.2, 0.25) is 10.0 Å². The molecule has 5 heteroatoms. The zero-order valence-electron chi connectivity index (χ0n) is 7.47. The molecule has 0 aromatic heterocycles. The third kappa shape index (κ3) is 2.36. The third-order valence-electron chi connectivity index (χ3n) is 1.84. The Bertz CT molecular complexity index is 344. The molecule has 2 atom stereocenters. The van der Waals surface area contributed by atoms with Crippen LogP contribution in [0.25, 0.3) is 0 Å². The number of hydrogen-bond acceptors (Lipinski definition) is 2. The Morgan fingerprint density at radius 2 is 2.00 bits per heavy atom. The van der Waals surface area contributed by atoms with E-state index in [9.17, 15) is 9.50 Å². The second kappa shape index (κ2) is 4.45. The van der Waals surface area contributed by atoms with Gasteiger partial charge in [0.2, 0.25) is 0 Å². The summed E-state index contributed by atoms with van der Waals surface area (Å²) in [7, 11) is 0. The normalized spacial score (nSPS) is 15.3. The Morgan fingerprint density at radius 3 is 2.50 bits per heavy atom. The zero-order chi connectivity index (χ0) is 10.9. The van der Waals surface area contributed by atoms with E-state index in [1.807, 2.05) is 0 Å². The molecule has 0 aliphatic heterocycles. The van der Waals surface area contributed by atoms with Gasteiger partial charge in [0.15, 0.2) is 0 Å². The average molecular weight is 238 g/mol. The fraction of sp³-hybridized carbons (Fsp3) is 0.333. The van der Waals surface area contributed by atoms with Crippen molar-refractivity contribution in [2.24, 2.45) is 5.73 Å². The van der Waals surface area contributed by atoms with E-state index in [0.29, 0.717) is 0 Å². The molecule has 0 spiro atoms. The van der Waals surface area contributed by atoms with Gasteiger partial charge in [0.05, 0.1) is 11.1 Å². The van der Waals surface area contributed by atoms with Crippen molar-refractivity contribution in [1.29, 1.82) is 0 Å². The van der Waals surface area contributed by atoms with Gasteiger partial charge in [0.1, 0.15) is 5.82 Å². The number of aliphatic hydroxyl groups excluding tert-OH is 1. The number of aliphatic hydroxyl groups is 1. The van der Waals surface area contributed by atoms with Gasteiger partial charge in [0, 0.05) is 16.6 Å². The van der Waals surface area contributed by atoms with E-state index in [2.05, 4.69) is 0 Å². The van der Waals surface area contributed by atoms with Gasteiger partial charge in [-0.3, -0.25) is 0 Å². The van der Waals surface area contributed by atoms with Crippen LogP contribution in [0.5, 0.6) is 0 Å². The Morgan fingerprint density at radius 1 is 1.43 bits per heavy atom. The molecule has 0 amide bonds. The van der Waals surface area contributed by atoms with Crippen LogP contribution in [0.15, 0.2) is 12.1 Å². The van der Waals surface area contributed by atoms with Gasteiger partial charge >= 0.3 is 0 Å². The summed E-state index contributed by atoms with van der Waals surface area (Å²) >= 11 is 11.3. The van der Waals surface area contributed by atoms with Crippen LogP contribution in [-0.4, -0.2) is 11.1 Å². The monoisotopic (exact) mass is 237 g/mol. The van der Waals surface area contributed by atoms with E-state index in [1.165, 1.54) is 6.07 Å². The molecule has 0 saturated heterocycles. The fourth-order valence-electron chi connectivity index (χ4n) is 1.07. The molecule has 2 nitrogen and oxygen atoms in total. The highest BCUT2D eigenvalue weighted by Gasteiger charge is 2.18. The molecule has 1 rings (SSSR count). The molecular weight excluding hydrogens is 228 g/mol. The summed E-state index contributed by atoms with van der Waals surface area (Å²) < 4.78 is 13.1. The van der Waals surface area contributed by atoms with Gasteiger partial charge < -0.3 is 10.8 Å². The smallest absolute Gasteiger partial charge is 0.143 e. The van der Waals surface area contributed by atoms with Crippen LogP contribution in [0.1, 0.15) is 18.6 Å². The second-order valence-corrected chi connectivity index (χ2v) is 3.91. The minimum absolute atomic E-state index is 0.140. The largest absolute Gasteiger partial charge is 0.387 e. The Hall–Kier alpha value is -0.350. The van der Waals surface area contributed by atoms with E-state index in [0.717, 1.165) is 6.07 Å². The van der Waals surface area contributed by atoms with Gasteiger partial charge in [-0.05, 0) is 19.1 Å². The van der Waals surface area contributed by atoms with Crippen molar-refractivity contribution in [3.05, 3.63) is 33.6 Å². The second-order valence-electron chi connectivity index (χ2n) is 3.09. The number of halogens is 3. The summed E-state index contributed by atoms with van der Waals surface area (Å²) in [5.41, 5.74) is 5.68. The molecule has 0 aliphatic rings. The number of nitrogens with two attached hydrogens (primary N) is 1. The molecule has 0 heterocycles. The minimum atomic E-state index is -1.02. The quantitative estimate of drug-likeness (QED) is 0.777. The zero-order valence-corrected chi connectivity index (χ0v) is 8.98. The molecule has 0 bridgehead atoms. The topological polar surface area (TPSA) is 46.2 Å². The summed E-state index contributed by atoms with van der Waals surface area (Å²) in [6.07, 6.45) is -1.02. The Balaban J connectivity index is 3.20. The van der Waals surface area contributed by atoms with Crippen LogP contribution in [-0.2, 0) is 0 Å². The molecular formula is C9H10Cl2FNO. The first-order chi connectivity index (χ1) is 6.43. The molecule has 2 unspecified atom stereocenters. The van der Waals surface area contributed by atoms with E-state index in [1.54, 1.807) is 6.92 Å². The highest BCUT2D eigenvalue weighted by molar-refractivity contribution is 6.33. The first-order valence-corrected chi connectivity index (χ1v) is 4.77. The van der Waals surface area contributed by atoms with Gasteiger partial charge in [-0.2, -0.15) is 0 Å². The first-order valence-electron chi connectivity index (χ1n) is 4.01. The lowest BCUT2D eigenvalue weighted by Gasteiger charge is -2.16. The van der Waals surface area contributed by atoms with Crippen LogP contribution in [0.3, 0.4) is 0 Å². The van der Waals surface area contributed by atoms with Crippen molar-refractivity contribution >= 4 is 23.2 Å². The lowest BCUT2D eigenvalue weighted by Crippen LogP contribution is -2.24. The van der Waals surface area contributed by atoms with E-state index >= 15 is 0 Å². The summed E-state index contributed by atoms with van der Waals surface area (Å²) in [4.78, 5) is 0. The van der Waals surface area contributed by atoms with Crippen molar-refractivity contribution in [1.82, 2.24) is 0 Å². The lowest BCUT2D eigenvalue weighted by molar-refractivity contribution is 0.153. The first kappa shape index (κ1) is 11.7. The summed E-state index contributed by atoms with van der Waals surface area (Å²) in [6.45, 7) is 1.60. The van der Waals surface area contributed by atoms with Crippen molar-refractivity contribution in [2.75, 3.05) is 0 Å². The summed E-state index contributed by atoms with van der Waals surface area (Å²) in [5.74, 6) is -0.658. The molecule has 0 aliphatic carbocycles. The lowest BCUT2D eigenvalue weighted by atomic mass is 10.0. The number of hydrogen-bond donors (Lipinski definition) is 2. The standard InChI is InChI=1S/C9H10Cl2FNO/c1-4(13)9(14)6-2-5(10)3-7(12)8(6)11/h2-4,9,14H,13H2,1H3. The Labute approximate surface area is 91.4 Å². The molecule has 1 aromatic carbocycles. The van der Waals surface area contributed by atoms with Crippen molar-refractivity contribution in [3.8, 4) is 0 Å². The maximum atomic E-state index is 13.1. The van der Waals surface area contributed by atoms with E-state index in [-0.39, 0.29) is 15.6 Å². The third-order valence-corrected chi connectivity index (χ3v) is 2.45. The van der Waals surface area contributed by atoms with Crippen molar-refractivity contribution in [2.45, 2.75) is 19.1 Å². The van der Waals surface area contributed by atoms with Gasteiger partial charge in [-0.15, -0.1) is 0 Å². The van der Waals surface area contributed by atoms with E-state index in [4.69, 9.17) is 28.9 Å². The van der Waals surface area contributed by atoms with Crippen LogP contribution < -0.4 is 5.73 Å². The van der Waals surface area contributed by atoms with E-state index < -0.39 is 18.0 Å². The summed E-state index contributed by atoms with van der Waals surface area (Å²) in [6, 6.07) is 1.95.